The van der Waals surface area contributed by atoms with Crippen molar-refractivity contribution in [3.63, 3.8) is 0 Å². The summed E-state index contributed by atoms with van der Waals surface area (Å²) in [6.07, 6.45) is 10.2. The van der Waals surface area contributed by atoms with Gasteiger partial charge in [0.2, 0.25) is 0 Å². The minimum atomic E-state index is -0.118. The van der Waals surface area contributed by atoms with Crippen molar-refractivity contribution < 1.29 is 13.9 Å². The topological polar surface area (TPSA) is 18.5 Å². The van der Waals surface area contributed by atoms with E-state index in [0.717, 1.165) is 38.9 Å². The van der Waals surface area contributed by atoms with Gasteiger partial charge < -0.3 is 9.47 Å². The van der Waals surface area contributed by atoms with Gasteiger partial charge in [0.15, 0.2) is 6.29 Å². The van der Waals surface area contributed by atoms with Crippen LogP contribution in [-0.2, 0) is 9.47 Å². The van der Waals surface area contributed by atoms with Gasteiger partial charge in [-0.25, -0.2) is 4.39 Å². The summed E-state index contributed by atoms with van der Waals surface area (Å²) in [7, 11) is 0. The summed E-state index contributed by atoms with van der Waals surface area (Å²) < 4.78 is 24.5. The summed E-state index contributed by atoms with van der Waals surface area (Å²) in [5, 5.41) is 0. The molecule has 0 radical (unpaired) electrons. The first-order chi connectivity index (χ1) is 8.79. The molecule has 1 heterocycles. The van der Waals surface area contributed by atoms with Crippen molar-refractivity contribution in [3.8, 4) is 0 Å². The van der Waals surface area contributed by atoms with Crippen LogP contribution in [0.3, 0.4) is 0 Å². The molecule has 0 spiro atoms. The molecule has 1 fully saturated rings. The van der Waals surface area contributed by atoms with Crippen molar-refractivity contribution in [2.24, 2.45) is 11.8 Å². The van der Waals surface area contributed by atoms with E-state index in [9.17, 15) is 4.39 Å². The van der Waals surface area contributed by atoms with Gasteiger partial charge in [-0.15, -0.1) is 0 Å². The maximum Gasteiger partial charge on any atom is 0.160 e. The molecule has 2 rings (SSSR count). The zero-order valence-electron chi connectivity index (χ0n) is 11.1. The maximum absolute atomic E-state index is 12.9. The Kier molecular flexibility index (Phi) is 5.39. The monoisotopic (exact) mass is 254 g/mol. The zero-order valence-corrected chi connectivity index (χ0v) is 11.1. The van der Waals surface area contributed by atoms with E-state index >= 15 is 0 Å². The molecule has 2 aliphatic rings. The SMILES string of the molecule is C/C=C/CC[C@H]1CO[C@H](C2CC=C(F)CC2)OC1. The Morgan fingerprint density at radius 1 is 1.39 bits per heavy atom. The molecule has 1 atom stereocenters. The fourth-order valence-electron chi connectivity index (χ4n) is 2.57. The summed E-state index contributed by atoms with van der Waals surface area (Å²) >= 11 is 0. The number of hydrogen-bond acceptors (Lipinski definition) is 2. The zero-order chi connectivity index (χ0) is 12.8. The van der Waals surface area contributed by atoms with Crippen LogP contribution in [-0.4, -0.2) is 19.5 Å². The summed E-state index contributed by atoms with van der Waals surface area (Å²) in [5.41, 5.74) is 0. The van der Waals surface area contributed by atoms with Gasteiger partial charge in [0.1, 0.15) is 0 Å². The normalized spacial score (nSPS) is 33.7. The third-order valence-corrected chi connectivity index (χ3v) is 3.75. The first-order valence-electron chi connectivity index (χ1n) is 6.98. The van der Waals surface area contributed by atoms with Gasteiger partial charge in [-0.3, -0.25) is 0 Å². The van der Waals surface area contributed by atoms with Gasteiger partial charge in [0, 0.05) is 11.8 Å². The van der Waals surface area contributed by atoms with Crippen LogP contribution in [0.2, 0.25) is 0 Å². The lowest BCUT2D eigenvalue weighted by Crippen LogP contribution is -2.37. The molecule has 3 heteroatoms. The van der Waals surface area contributed by atoms with Crippen LogP contribution >= 0.6 is 0 Å². The fraction of sp³-hybridized carbons (Fsp3) is 0.733. The highest BCUT2D eigenvalue weighted by atomic mass is 19.1. The molecule has 2 nitrogen and oxygen atoms in total. The first kappa shape index (κ1) is 13.8. The van der Waals surface area contributed by atoms with Crippen molar-refractivity contribution in [2.75, 3.05) is 13.2 Å². The second-order valence-corrected chi connectivity index (χ2v) is 5.23. The summed E-state index contributed by atoms with van der Waals surface area (Å²) in [6.45, 7) is 3.61. The maximum atomic E-state index is 12.9. The minimum absolute atomic E-state index is 0.0197. The molecule has 0 bridgehead atoms. The van der Waals surface area contributed by atoms with Crippen LogP contribution in [0, 0.1) is 11.8 Å². The molecular weight excluding hydrogens is 231 g/mol. The number of halogens is 1. The number of allylic oxidation sites excluding steroid dienone is 4. The standard InChI is InChI=1S/C15H23FO2/c1-2-3-4-5-12-10-17-15(18-11-12)13-6-8-14(16)9-7-13/h2-3,8,12-13,15H,4-7,9-11H2,1H3/b3-2+/t12-,13?,15-. The first-order valence-corrected chi connectivity index (χ1v) is 6.98. The van der Waals surface area contributed by atoms with Gasteiger partial charge in [0.25, 0.3) is 0 Å². The largest absolute Gasteiger partial charge is 0.352 e. The van der Waals surface area contributed by atoms with E-state index in [-0.39, 0.29) is 12.1 Å². The van der Waals surface area contributed by atoms with E-state index in [2.05, 4.69) is 12.2 Å². The van der Waals surface area contributed by atoms with Gasteiger partial charge in [-0.1, -0.05) is 18.2 Å². The van der Waals surface area contributed by atoms with Crippen molar-refractivity contribution >= 4 is 0 Å². The predicted molar refractivity (Wildman–Crippen MR) is 69.8 cm³/mol. The molecule has 0 saturated carbocycles. The second kappa shape index (κ2) is 7.05. The highest BCUT2D eigenvalue weighted by molar-refractivity contribution is 4.98. The van der Waals surface area contributed by atoms with Gasteiger partial charge in [0.05, 0.1) is 19.0 Å². The number of ether oxygens (including phenoxy) is 2. The van der Waals surface area contributed by atoms with Crippen LogP contribution in [0.4, 0.5) is 4.39 Å². The molecule has 18 heavy (non-hydrogen) atoms. The number of rotatable bonds is 4. The lowest BCUT2D eigenvalue weighted by molar-refractivity contribution is -0.226. The Morgan fingerprint density at radius 3 is 2.78 bits per heavy atom. The van der Waals surface area contributed by atoms with Crippen LogP contribution in [0.5, 0.6) is 0 Å². The summed E-state index contributed by atoms with van der Waals surface area (Å²) in [6, 6.07) is 0. The fourth-order valence-corrected chi connectivity index (χ4v) is 2.57. The molecule has 0 N–H and O–H groups in total. The van der Waals surface area contributed by atoms with Crippen LogP contribution in [0.15, 0.2) is 24.1 Å². The summed E-state index contributed by atoms with van der Waals surface area (Å²) in [4.78, 5) is 0. The smallest absolute Gasteiger partial charge is 0.160 e. The van der Waals surface area contributed by atoms with Crippen LogP contribution < -0.4 is 0 Å². The molecule has 1 aliphatic carbocycles. The van der Waals surface area contributed by atoms with Gasteiger partial charge >= 0.3 is 0 Å². The quantitative estimate of drug-likeness (QED) is 0.706. The molecule has 1 aliphatic heterocycles. The average molecular weight is 254 g/mol. The van der Waals surface area contributed by atoms with E-state index in [1.165, 1.54) is 0 Å². The molecule has 0 amide bonds. The van der Waals surface area contributed by atoms with E-state index in [0.29, 0.717) is 18.3 Å². The molecule has 1 unspecified atom stereocenters. The molecule has 0 aromatic rings. The third kappa shape index (κ3) is 3.92. The Morgan fingerprint density at radius 2 is 2.17 bits per heavy atom. The van der Waals surface area contributed by atoms with E-state index in [1.54, 1.807) is 6.08 Å². The van der Waals surface area contributed by atoms with E-state index in [4.69, 9.17) is 9.47 Å². The van der Waals surface area contributed by atoms with Crippen LogP contribution in [0.1, 0.15) is 39.0 Å². The molecular formula is C15H23FO2. The number of hydrogen-bond donors (Lipinski definition) is 0. The van der Waals surface area contributed by atoms with E-state index < -0.39 is 0 Å². The highest BCUT2D eigenvalue weighted by Crippen LogP contribution is 2.31. The minimum Gasteiger partial charge on any atom is -0.352 e. The Balaban J connectivity index is 1.70. The average Bonchev–Trinajstić information content (AvgIpc) is 2.41. The van der Waals surface area contributed by atoms with Gasteiger partial charge in [-0.2, -0.15) is 0 Å². The second-order valence-electron chi connectivity index (χ2n) is 5.23. The highest BCUT2D eigenvalue weighted by Gasteiger charge is 2.30. The van der Waals surface area contributed by atoms with E-state index in [1.807, 2.05) is 6.92 Å². The van der Waals surface area contributed by atoms with Crippen LogP contribution in [0.25, 0.3) is 0 Å². The van der Waals surface area contributed by atoms with Crippen molar-refractivity contribution in [3.05, 3.63) is 24.1 Å². The van der Waals surface area contributed by atoms with Crippen molar-refractivity contribution in [1.29, 1.82) is 0 Å². The molecule has 0 aromatic heterocycles. The summed E-state index contributed by atoms with van der Waals surface area (Å²) in [5.74, 6) is 0.862. The lowest BCUT2D eigenvalue weighted by Gasteiger charge is -2.34. The van der Waals surface area contributed by atoms with Crippen molar-refractivity contribution in [1.82, 2.24) is 0 Å². The van der Waals surface area contributed by atoms with Gasteiger partial charge in [-0.05, 0) is 39.0 Å². The Labute approximate surface area is 109 Å². The molecule has 1 saturated heterocycles. The third-order valence-electron chi connectivity index (χ3n) is 3.75. The molecule has 0 aromatic carbocycles. The molecule has 102 valence electrons. The predicted octanol–water partition coefficient (Wildman–Crippen LogP) is 3.99. The lowest BCUT2D eigenvalue weighted by atomic mass is 9.92. The Hall–Kier alpha value is -0.670. The Bertz CT molecular complexity index is 304. The van der Waals surface area contributed by atoms with Crippen molar-refractivity contribution in [2.45, 2.75) is 45.3 Å².